The number of hydrogen-bond donors (Lipinski definition) is 1. The number of carbonyl (C=O) groups is 1. The van der Waals surface area contributed by atoms with E-state index in [1.54, 1.807) is 16.7 Å². The Morgan fingerprint density at radius 2 is 1.86 bits per heavy atom. The summed E-state index contributed by atoms with van der Waals surface area (Å²) >= 11 is 0. The molecule has 0 spiro atoms. The van der Waals surface area contributed by atoms with Crippen molar-refractivity contribution in [3.05, 3.63) is 57.7 Å². The fraction of sp³-hybridized carbons (Fsp3) is 0.577. The third kappa shape index (κ3) is 3.71. The lowest BCUT2D eigenvalue weighted by Crippen LogP contribution is -2.35. The Morgan fingerprint density at radius 1 is 1.18 bits per heavy atom. The molecule has 0 radical (unpaired) electrons. The van der Waals surface area contributed by atoms with Crippen molar-refractivity contribution in [3.63, 3.8) is 0 Å². The second-order valence-corrected chi connectivity index (χ2v) is 10.0. The van der Waals surface area contributed by atoms with Gasteiger partial charge in [0.05, 0.1) is 0 Å². The molecule has 3 rings (SSSR count). The second kappa shape index (κ2) is 7.54. The van der Waals surface area contributed by atoms with Crippen LogP contribution in [-0.2, 0) is 22.0 Å². The van der Waals surface area contributed by atoms with Gasteiger partial charge in [0.1, 0.15) is 0 Å². The number of allylic oxidation sites excluding steroid dienone is 3. The SMILES string of the molecule is CCC(C(=O)O)=C(C)C=CCC1CCc2c1ccc1c2C(C)(C)CCC1(C)C. The Hall–Kier alpha value is -1.83. The van der Waals surface area contributed by atoms with Crippen LogP contribution in [0.15, 0.2) is 35.4 Å². The minimum absolute atomic E-state index is 0.262. The molecular formula is C26H36O2. The Labute approximate surface area is 170 Å². The van der Waals surface area contributed by atoms with Gasteiger partial charge in [0.2, 0.25) is 0 Å². The third-order valence-corrected chi connectivity index (χ3v) is 7.19. The molecule has 0 saturated heterocycles. The lowest BCUT2D eigenvalue weighted by molar-refractivity contribution is -0.132. The maximum Gasteiger partial charge on any atom is 0.331 e. The Kier molecular flexibility index (Phi) is 5.62. The van der Waals surface area contributed by atoms with Crippen LogP contribution in [0.25, 0.3) is 0 Å². The first-order chi connectivity index (χ1) is 13.1. The van der Waals surface area contributed by atoms with Crippen molar-refractivity contribution in [1.29, 1.82) is 0 Å². The molecule has 1 aromatic carbocycles. The number of fused-ring (bicyclic) bond motifs is 3. The highest BCUT2D eigenvalue weighted by Crippen LogP contribution is 2.51. The van der Waals surface area contributed by atoms with Crippen molar-refractivity contribution in [3.8, 4) is 0 Å². The average Bonchev–Trinajstić information content (AvgIpc) is 3.02. The topological polar surface area (TPSA) is 37.3 Å². The molecule has 2 aliphatic carbocycles. The van der Waals surface area contributed by atoms with Crippen LogP contribution < -0.4 is 0 Å². The summed E-state index contributed by atoms with van der Waals surface area (Å²) < 4.78 is 0. The minimum Gasteiger partial charge on any atom is -0.478 e. The van der Waals surface area contributed by atoms with Crippen molar-refractivity contribution in [2.45, 2.75) is 96.8 Å². The zero-order chi connectivity index (χ0) is 20.7. The molecule has 1 aromatic rings. The van der Waals surface area contributed by atoms with E-state index in [0.29, 0.717) is 17.9 Å². The monoisotopic (exact) mass is 380 g/mol. The summed E-state index contributed by atoms with van der Waals surface area (Å²) in [5, 5.41) is 9.30. The molecule has 0 saturated carbocycles. The number of rotatable bonds is 5. The van der Waals surface area contributed by atoms with Gasteiger partial charge < -0.3 is 5.11 Å². The first kappa shape index (κ1) is 20.9. The summed E-state index contributed by atoms with van der Waals surface area (Å²) in [4.78, 5) is 11.3. The van der Waals surface area contributed by atoms with E-state index in [1.807, 2.05) is 19.9 Å². The zero-order valence-corrected chi connectivity index (χ0v) is 18.5. The van der Waals surface area contributed by atoms with Crippen LogP contribution >= 0.6 is 0 Å². The Bertz CT molecular complexity index is 836. The third-order valence-electron chi connectivity index (χ3n) is 7.19. The Balaban J connectivity index is 1.88. The van der Waals surface area contributed by atoms with E-state index in [2.05, 4.69) is 45.9 Å². The lowest BCUT2D eigenvalue weighted by atomic mass is 9.61. The standard InChI is InChI=1S/C26H36O2/c1-7-19(24(27)28)17(2)9-8-10-18-11-12-21-20(18)13-14-22-23(21)26(5,6)16-15-25(22,3)4/h8-9,13-14,18H,7,10-12,15-16H2,1-6H3,(H,27,28). The van der Waals surface area contributed by atoms with Gasteiger partial charge in [0.25, 0.3) is 0 Å². The molecule has 0 fully saturated rings. The highest BCUT2D eigenvalue weighted by atomic mass is 16.4. The summed E-state index contributed by atoms with van der Waals surface area (Å²) in [6.07, 6.45) is 10.6. The van der Waals surface area contributed by atoms with Crippen LogP contribution in [0.1, 0.15) is 102 Å². The summed E-state index contributed by atoms with van der Waals surface area (Å²) in [7, 11) is 0. The zero-order valence-electron chi connectivity index (χ0n) is 18.5. The normalized spacial score (nSPS) is 23.3. The smallest absolute Gasteiger partial charge is 0.331 e. The molecule has 0 aliphatic heterocycles. The molecule has 152 valence electrons. The van der Waals surface area contributed by atoms with Gasteiger partial charge >= 0.3 is 5.97 Å². The molecule has 2 nitrogen and oxygen atoms in total. The first-order valence-electron chi connectivity index (χ1n) is 10.8. The first-order valence-corrected chi connectivity index (χ1v) is 10.8. The molecule has 28 heavy (non-hydrogen) atoms. The van der Waals surface area contributed by atoms with Gasteiger partial charge in [-0.2, -0.15) is 0 Å². The molecular weight excluding hydrogens is 344 g/mol. The molecule has 1 atom stereocenters. The minimum atomic E-state index is -0.799. The molecule has 2 heteroatoms. The predicted molar refractivity (Wildman–Crippen MR) is 117 cm³/mol. The van der Waals surface area contributed by atoms with Crippen LogP contribution in [0.3, 0.4) is 0 Å². The quantitative estimate of drug-likeness (QED) is 0.449. The molecule has 0 aromatic heterocycles. The van der Waals surface area contributed by atoms with Crippen LogP contribution in [0, 0.1) is 0 Å². The Morgan fingerprint density at radius 3 is 2.50 bits per heavy atom. The summed E-state index contributed by atoms with van der Waals surface area (Å²) in [6, 6.07) is 4.79. The fourth-order valence-electron chi connectivity index (χ4n) is 5.36. The highest BCUT2D eigenvalue weighted by Gasteiger charge is 2.40. The second-order valence-electron chi connectivity index (χ2n) is 10.0. The van der Waals surface area contributed by atoms with Crippen molar-refractivity contribution >= 4 is 5.97 Å². The number of hydrogen-bond acceptors (Lipinski definition) is 1. The molecule has 0 heterocycles. The van der Waals surface area contributed by atoms with Crippen molar-refractivity contribution in [2.24, 2.45) is 0 Å². The van der Waals surface area contributed by atoms with Gasteiger partial charge in [-0.1, -0.05) is 58.9 Å². The summed E-state index contributed by atoms with van der Waals surface area (Å²) in [5.41, 5.74) is 8.26. The number of carboxylic acids is 1. The lowest BCUT2D eigenvalue weighted by Gasteiger charge is -2.43. The fourth-order valence-corrected chi connectivity index (χ4v) is 5.36. The molecule has 2 aliphatic rings. The van der Waals surface area contributed by atoms with Gasteiger partial charge in [-0.05, 0) is 90.0 Å². The van der Waals surface area contributed by atoms with E-state index in [0.717, 1.165) is 12.0 Å². The van der Waals surface area contributed by atoms with Crippen molar-refractivity contribution in [1.82, 2.24) is 0 Å². The largest absolute Gasteiger partial charge is 0.478 e. The number of aliphatic carboxylic acids is 1. The van der Waals surface area contributed by atoms with E-state index in [-0.39, 0.29) is 10.8 Å². The van der Waals surface area contributed by atoms with Crippen LogP contribution in [-0.4, -0.2) is 11.1 Å². The van der Waals surface area contributed by atoms with E-state index < -0.39 is 5.97 Å². The highest BCUT2D eigenvalue weighted by molar-refractivity contribution is 5.87. The molecule has 0 amide bonds. The summed E-state index contributed by atoms with van der Waals surface area (Å²) in [6.45, 7) is 13.4. The molecule has 1 N–H and O–H groups in total. The van der Waals surface area contributed by atoms with E-state index in [4.69, 9.17) is 0 Å². The summed E-state index contributed by atoms with van der Waals surface area (Å²) in [5.74, 6) is -0.243. The van der Waals surface area contributed by atoms with E-state index >= 15 is 0 Å². The van der Waals surface area contributed by atoms with E-state index in [9.17, 15) is 9.90 Å². The van der Waals surface area contributed by atoms with Crippen LogP contribution in [0.5, 0.6) is 0 Å². The number of benzene rings is 1. The predicted octanol–water partition coefficient (Wildman–Crippen LogP) is 6.82. The van der Waals surface area contributed by atoms with Crippen molar-refractivity contribution in [2.75, 3.05) is 0 Å². The van der Waals surface area contributed by atoms with Gasteiger partial charge in [0.15, 0.2) is 0 Å². The maximum atomic E-state index is 11.3. The van der Waals surface area contributed by atoms with Gasteiger partial charge in [-0.25, -0.2) is 4.79 Å². The average molecular weight is 381 g/mol. The van der Waals surface area contributed by atoms with Gasteiger partial charge in [-0.15, -0.1) is 0 Å². The van der Waals surface area contributed by atoms with Gasteiger partial charge in [-0.3, -0.25) is 0 Å². The van der Waals surface area contributed by atoms with Crippen LogP contribution in [0.2, 0.25) is 0 Å². The maximum absolute atomic E-state index is 11.3. The van der Waals surface area contributed by atoms with Crippen molar-refractivity contribution < 1.29 is 9.90 Å². The molecule has 0 bridgehead atoms. The van der Waals surface area contributed by atoms with E-state index in [1.165, 1.54) is 31.2 Å². The van der Waals surface area contributed by atoms with Gasteiger partial charge in [0, 0.05) is 5.57 Å². The van der Waals surface area contributed by atoms with Crippen LogP contribution in [0.4, 0.5) is 0 Å². The molecule has 1 unspecified atom stereocenters. The number of carboxylic acid groups (broad SMARTS) is 1.